The zero-order chi connectivity index (χ0) is 20.4. The van der Waals surface area contributed by atoms with E-state index in [0.717, 1.165) is 59.7 Å². The number of rotatable bonds is 2. The highest BCUT2D eigenvalue weighted by Gasteiger charge is 2.23. The van der Waals surface area contributed by atoms with Crippen molar-refractivity contribution in [3.63, 3.8) is 0 Å². The van der Waals surface area contributed by atoms with Gasteiger partial charge in [-0.2, -0.15) is 0 Å². The monoisotopic (exact) mass is 418 g/mol. The summed E-state index contributed by atoms with van der Waals surface area (Å²) in [6.07, 6.45) is 7.93. The van der Waals surface area contributed by atoms with E-state index in [9.17, 15) is 9.59 Å². The molecule has 5 nitrogen and oxygen atoms in total. The van der Waals surface area contributed by atoms with E-state index in [2.05, 4.69) is 18.0 Å². The van der Waals surface area contributed by atoms with Crippen LogP contribution in [0, 0.1) is 5.92 Å². The number of hydrogen-bond donors (Lipinski definition) is 0. The summed E-state index contributed by atoms with van der Waals surface area (Å²) < 4.78 is 7.13. The highest BCUT2D eigenvalue weighted by Crippen LogP contribution is 2.35. The van der Waals surface area contributed by atoms with Crippen LogP contribution in [-0.4, -0.2) is 9.55 Å². The Balaban J connectivity index is 1.50. The minimum Gasteiger partial charge on any atom is -0.423 e. The fourth-order valence-corrected chi connectivity index (χ4v) is 6.43. The highest BCUT2D eigenvalue weighted by atomic mass is 32.1. The SMILES string of the molecule is CC1CCc2c(sc3ncn(Cc4cc(=O)oc5cc6c(cc45)CCC6)c(=O)c23)C1. The molecule has 0 N–H and O–H groups in total. The van der Waals surface area contributed by atoms with Crippen molar-refractivity contribution in [2.45, 2.75) is 52.0 Å². The molecule has 3 aromatic heterocycles. The van der Waals surface area contributed by atoms with Gasteiger partial charge in [0.25, 0.3) is 5.56 Å². The molecular formula is C24H22N2O3S. The molecule has 152 valence electrons. The Kier molecular flexibility index (Phi) is 4.00. The van der Waals surface area contributed by atoms with E-state index in [1.807, 2.05) is 6.07 Å². The smallest absolute Gasteiger partial charge is 0.336 e. The Morgan fingerprint density at radius 1 is 1.17 bits per heavy atom. The quantitative estimate of drug-likeness (QED) is 0.457. The molecule has 0 spiro atoms. The zero-order valence-electron chi connectivity index (χ0n) is 16.9. The van der Waals surface area contributed by atoms with Crippen LogP contribution in [0.25, 0.3) is 21.2 Å². The molecule has 2 aliphatic rings. The number of fused-ring (bicyclic) bond motifs is 5. The lowest BCUT2D eigenvalue weighted by Gasteiger charge is -2.17. The number of aryl methyl sites for hydroxylation is 3. The van der Waals surface area contributed by atoms with Crippen LogP contribution in [0.2, 0.25) is 0 Å². The summed E-state index contributed by atoms with van der Waals surface area (Å²) in [6, 6.07) is 5.66. The topological polar surface area (TPSA) is 65.1 Å². The summed E-state index contributed by atoms with van der Waals surface area (Å²) in [7, 11) is 0. The van der Waals surface area contributed by atoms with Crippen molar-refractivity contribution in [1.29, 1.82) is 0 Å². The third kappa shape index (κ3) is 2.77. The van der Waals surface area contributed by atoms with Crippen LogP contribution in [0.4, 0.5) is 0 Å². The second-order valence-corrected chi connectivity index (χ2v) is 9.85. The molecule has 2 aliphatic carbocycles. The molecule has 0 aliphatic heterocycles. The predicted octanol–water partition coefficient (Wildman–Crippen LogP) is 4.23. The minimum atomic E-state index is -0.376. The molecule has 1 aromatic carbocycles. The van der Waals surface area contributed by atoms with Gasteiger partial charge in [-0.05, 0) is 78.8 Å². The summed E-state index contributed by atoms with van der Waals surface area (Å²) in [4.78, 5) is 32.3. The van der Waals surface area contributed by atoms with Gasteiger partial charge in [-0.3, -0.25) is 9.36 Å². The van der Waals surface area contributed by atoms with Crippen LogP contribution >= 0.6 is 11.3 Å². The molecule has 3 heterocycles. The van der Waals surface area contributed by atoms with Gasteiger partial charge in [0.2, 0.25) is 0 Å². The lowest BCUT2D eigenvalue weighted by molar-refractivity contribution is 0.509. The van der Waals surface area contributed by atoms with E-state index in [0.29, 0.717) is 18.0 Å². The number of nitrogens with zero attached hydrogens (tertiary/aromatic N) is 2. The van der Waals surface area contributed by atoms with Gasteiger partial charge < -0.3 is 4.42 Å². The molecule has 0 bridgehead atoms. The van der Waals surface area contributed by atoms with Gasteiger partial charge in [0.05, 0.1) is 18.3 Å². The molecule has 0 amide bonds. The van der Waals surface area contributed by atoms with Crippen LogP contribution < -0.4 is 11.2 Å². The van der Waals surface area contributed by atoms with Crippen molar-refractivity contribution >= 4 is 32.5 Å². The maximum atomic E-state index is 13.4. The van der Waals surface area contributed by atoms with Gasteiger partial charge in [-0.15, -0.1) is 11.3 Å². The second kappa shape index (κ2) is 6.64. The first kappa shape index (κ1) is 18.1. The van der Waals surface area contributed by atoms with E-state index in [1.165, 1.54) is 27.6 Å². The fourth-order valence-electron chi connectivity index (χ4n) is 5.09. The highest BCUT2D eigenvalue weighted by molar-refractivity contribution is 7.18. The first-order valence-electron chi connectivity index (χ1n) is 10.6. The summed E-state index contributed by atoms with van der Waals surface area (Å²) in [5.74, 6) is 0.657. The van der Waals surface area contributed by atoms with Gasteiger partial charge in [0.15, 0.2) is 0 Å². The van der Waals surface area contributed by atoms with Crippen molar-refractivity contribution in [1.82, 2.24) is 9.55 Å². The van der Waals surface area contributed by atoms with Gasteiger partial charge in [0.1, 0.15) is 10.4 Å². The third-order valence-electron chi connectivity index (χ3n) is 6.67. The molecule has 0 fully saturated rings. The lowest BCUT2D eigenvalue weighted by Crippen LogP contribution is -2.22. The molecule has 1 atom stereocenters. The Morgan fingerprint density at radius 3 is 2.87 bits per heavy atom. The molecule has 1 unspecified atom stereocenters. The number of aromatic nitrogens is 2. The molecule has 0 saturated heterocycles. The van der Waals surface area contributed by atoms with Gasteiger partial charge in [-0.1, -0.05) is 6.92 Å². The van der Waals surface area contributed by atoms with Crippen molar-refractivity contribution in [2.75, 3.05) is 0 Å². The van der Waals surface area contributed by atoms with Crippen LogP contribution in [-0.2, 0) is 32.2 Å². The molecule has 6 heteroatoms. The molecule has 0 saturated carbocycles. The van der Waals surface area contributed by atoms with Crippen LogP contribution in [0.15, 0.2) is 38.5 Å². The Labute approximate surface area is 177 Å². The molecule has 4 aromatic rings. The minimum absolute atomic E-state index is 0.00500. The molecule has 6 rings (SSSR count). The van der Waals surface area contributed by atoms with Crippen LogP contribution in [0.1, 0.15) is 46.9 Å². The summed E-state index contributed by atoms with van der Waals surface area (Å²) >= 11 is 1.66. The average molecular weight is 419 g/mol. The molecular weight excluding hydrogens is 396 g/mol. The number of benzene rings is 1. The predicted molar refractivity (Wildman–Crippen MR) is 119 cm³/mol. The van der Waals surface area contributed by atoms with E-state index in [-0.39, 0.29) is 11.2 Å². The summed E-state index contributed by atoms with van der Waals surface area (Å²) in [5.41, 5.74) is 4.82. The van der Waals surface area contributed by atoms with E-state index < -0.39 is 0 Å². The Morgan fingerprint density at radius 2 is 2.00 bits per heavy atom. The Hall–Kier alpha value is -2.73. The zero-order valence-corrected chi connectivity index (χ0v) is 17.7. The second-order valence-electron chi connectivity index (χ2n) is 8.77. The molecule has 30 heavy (non-hydrogen) atoms. The van der Waals surface area contributed by atoms with Crippen LogP contribution in [0.3, 0.4) is 0 Å². The lowest BCUT2D eigenvalue weighted by atomic mass is 9.89. The van der Waals surface area contributed by atoms with E-state index >= 15 is 0 Å². The van der Waals surface area contributed by atoms with Gasteiger partial charge in [-0.25, -0.2) is 9.78 Å². The van der Waals surface area contributed by atoms with Crippen molar-refractivity contribution in [3.8, 4) is 0 Å². The van der Waals surface area contributed by atoms with Gasteiger partial charge in [0, 0.05) is 16.3 Å². The average Bonchev–Trinajstić information content (AvgIpc) is 3.32. The van der Waals surface area contributed by atoms with Crippen molar-refractivity contribution in [3.05, 3.63) is 72.4 Å². The van der Waals surface area contributed by atoms with Gasteiger partial charge >= 0.3 is 5.63 Å². The summed E-state index contributed by atoms with van der Waals surface area (Å²) in [6.45, 7) is 2.59. The number of hydrogen-bond acceptors (Lipinski definition) is 5. The fraction of sp³-hybridized carbons (Fsp3) is 0.375. The van der Waals surface area contributed by atoms with E-state index in [1.54, 1.807) is 22.2 Å². The standard InChI is InChI=1S/C24H22N2O3S/c1-13-5-6-17-20(7-13)30-23-22(17)24(28)26(12-25-23)11-16-10-21(27)29-19-9-15-4-2-3-14(15)8-18(16)19/h8-10,12-13H,2-7,11H2,1H3. The maximum absolute atomic E-state index is 13.4. The molecule has 0 radical (unpaired) electrons. The van der Waals surface area contributed by atoms with Crippen LogP contribution in [0.5, 0.6) is 0 Å². The third-order valence-corrected chi connectivity index (χ3v) is 7.83. The maximum Gasteiger partial charge on any atom is 0.336 e. The van der Waals surface area contributed by atoms with E-state index in [4.69, 9.17) is 4.42 Å². The first-order chi connectivity index (χ1) is 14.6. The Bertz CT molecular complexity index is 1440. The first-order valence-corrected chi connectivity index (χ1v) is 11.5. The number of thiophene rings is 1. The summed E-state index contributed by atoms with van der Waals surface area (Å²) in [5, 5.41) is 1.70. The normalized spacial score (nSPS) is 18.1. The largest absolute Gasteiger partial charge is 0.423 e. The van der Waals surface area contributed by atoms with Crippen molar-refractivity contribution < 1.29 is 4.42 Å². The van der Waals surface area contributed by atoms with Crippen molar-refractivity contribution in [2.24, 2.45) is 5.92 Å².